The van der Waals surface area contributed by atoms with Crippen molar-refractivity contribution in [3.8, 4) is 11.8 Å². The van der Waals surface area contributed by atoms with Crippen LogP contribution in [0.1, 0.15) is 38.2 Å². The maximum absolute atomic E-state index is 5.93. The number of hydrogen-bond acceptors (Lipinski definition) is 4. The minimum Gasteiger partial charge on any atom is -0.486 e. The Morgan fingerprint density at radius 3 is 2.64 bits per heavy atom. The summed E-state index contributed by atoms with van der Waals surface area (Å²) in [7, 11) is 0. The molecular formula is C20H22BrNO3. The Morgan fingerprint density at radius 2 is 1.84 bits per heavy atom. The summed E-state index contributed by atoms with van der Waals surface area (Å²) < 4.78 is 18.2. The second-order valence-electron chi connectivity index (χ2n) is 5.89. The van der Waals surface area contributed by atoms with Gasteiger partial charge in [-0.05, 0) is 40.0 Å². The highest BCUT2D eigenvalue weighted by Gasteiger charge is 2.15. The monoisotopic (exact) mass is 403 g/mol. The molecule has 0 spiro atoms. The number of fused-ring (bicyclic) bond motifs is 1. The van der Waals surface area contributed by atoms with E-state index in [9.17, 15) is 0 Å². The van der Waals surface area contributed by atoms with Crippen LogP contribution >= 0.6 is 15.9 Å². The lowest BCUT2D eigenvalue weighted by Crippen LogP contribution is -1.97. The maximum Gasteiger partial charge on any atom is 0.394 e. The zero-order valence-electron chi connectivity index (χ0n) is 14.3. The second kappa shape index (κ2) is 8.90. The van der Waals surface area contributed by atoms with Crippen molar-refractivity contribution in [2.24, 2.45) is 0 Å². The smallest absolute Gasteiger partial charge is 0.394 e. The second-order valence-corrected chi connectivity index (χ2v) is 6.74. The molecule has 0 aliphatic rings. The number of hydrogen-bond donors (Lipinski definition) is 0. The van der Waals surface area contributed by atoms with Gasteiger partial charge in [0.05, 0.1) is 11.1 Å². The Morgan fingerprint density at radius 1 is 1.00 bits per heavy atom. The maximum atomic E-state index is 5.93. The van der Waals surface area contributed by atoms with Gasteiger partial charge in [0, 0.05) is 0 Å². The molecule has 0 fully saturated rings. The first-order valence-electron chi connectivity index (χ1n) is 8.66. The van der Waals surface area contributed by atoms with Crippen LogP contribution in [0.3, 0.4) is 0 Å². The average molecular weight is 404 g/mol. The highest BCUT2D eigenvalue weighted by molar-refractivity contribution is 9.10. The van der Waals surface area contributed by atoms with Crippen LogP contribution in [0.2, 0.25) is 0 Å². The SMILES string of the molecule is CCCCCCOc1nc2c(OCc3ccccc3)ccc(Br)c2o1. The molecule has 5 heteroatoms. The third-order valence-electron chi connectivity index (χ3n) is 3.90. The highest BCUT2D eigenvalue weighted by atomic mass is 79.9. The summed E-state index contributed by atoms with van der Waals surface area (Å²) in [6.07, 6.45) is 4.89. The number of oxazole rings is 1. The lowest BCUT2D eigenvalue weighted by Gasteiger charge is -2.06. The summed E-state index contributed by atoms with van der Waals surface area (Å²) in [6, 6.07) is 13.8. The van der Waals surface area contributed by atoms with E-state index < -0.39 is 0 Å². The predicted molar refractivity (Wildman–Crippen MR) is 102 cm³/mol. The Hall–Kier alpha value is -2.01. The van der Waals surface area contributed by atoms with Crippen LogP contribution in [-0.2, 0) is 6.61 Å². The van der Waals surface area contributed by atoms with Crippen molar-refractivity contribution < 1.29 is 13.9 Å². The summed E-state index contributed by atoms with van der Waals surface area (Å²) in [5.41, 5.74) is 2.43. The molecule has 0 N–H and O–H groups in total. The number of unbranched alkanes of at least 4 members (excludes halogenated alkanes) is 3. The molecule has 132 valence electrons. The van der Waals surface area contributed by atoms with Crippen LogP contribution in [0.4, 0.5) is 0 Å². The van der Waals surface area contributed by atoms with E-state index in [4.69, 9.17) is 13.9 Å². The van der Waals surface area contributed by atoms with Crippen molar-refractivity contribution in [2.75, 3.05) is 6.61 Å². The van der Waals surface area contributed by atoms with Gasteiger partial charge in [-0.25, -0.2) is 0 Å². The molecule has 0 bridgehead atoms. The fourth-order valence-electron chi connectivity index (χ4n) is 2.53. The van der Waals surface area contributed by atoms with Crippen molar-refractivity contribution >= 4 is 27.0 Å². The van der Waals surface area contributed by atoms with Gasteiger partial charge in [0.25, 0.3) is 0 Å². The first-order chi connectivity index (χ1) is 12.3. The highest BCUT2D eigenvalue weighted by Crippen LogP contribution is 2.34. The first kappa shape index (κ1) is 17.8. The Labute approximate surface area is 156 Å². The van der Waals surface area contributed by atoms with Gasteiger partial charge in [0.2, 0.25) is 0 Å². The molecule has 3 rings (SSSR count). The lowest BCUT2D eigenvalue weighted by molar-refractivity contribution is 0.230. The van der Waals surface area contributed by atoms with Gasteiger partial charge in [0.1, 0.15) is 12.4 Å². The first-order valence-corrected chi connectivity index (χ1v) is 9.46. The Kier molecular flexibility index (Phi) is 6.34. The lowest BCUT2D eigenvalue weighted by atomic mass is 10.2. The predicted octanol–water partition coefficient (Wildman–Crippen LogP) is 6.13. The van der Waals surface area contributed by atoms with Gasteiger partial charge in [-0.1, -0.05) is 56.5 Å². The van der Waals surface area contributed by atoms with Gasteiger partial charge in [-0.15, -0.1) is 0 Å². The zero-order chi connectivity index (χ0) is 17.5. The van der Waals surface area contributed by atoms with Crippen molar-refractivity contribution in [3.05, 3.63) is 52.5 Å². The molecule has 0 atom stereocenters. The molecular weight excluding hydrogens is 382 g/mol. The fourth-order valence-corrected chi connectivity index (χ4v) is 2.94. The third kappa shape index (κ3) is 4.75. The van der Waals surface area contributed by atoms with E-state index >= 15 is 0 Å². The number of aromatic nitrogens is 1. The van der Waals surface area contributed by atoms with E-state index in [1.54, 1.807) is 0 Å². The largest absolute Gasteiger partial charge is 0.486 e. The molecule has 4 nitrogen and oxygen atoms in total. The summed E-state index contributed by atoms with van der Waals surface area (Å²) in [6.45, 7) is 3.29. The molecule has 0 saturated carbocycles. The van der Waals surface area contributed by atoms with Gasteiger partial charge in [-0.2, -0.15) is 4.98 Å². The molecule has 1 heterocycles. The normalized spacial score (nSPS) is 11.0. The van der Waals surface area contributed by atoms with Crippen LogP contribution in [0, 0.1) is 0 Å². The molecule has 0 aliphatic carbocycles. The van der Waals surface area contributed by atoms with E-state index in [1.807, 2.05) is 42.5 Å². The van der Waals surface area contributed by atoms with Crippen LogP contribution < -0.4 is 9.47 Å². The summed E-state index contributed by atoms with van der Waals surface area (Å²) in [4.78, 5) is 4.46. The molecule has 25 heavy (non-hydrogen) atoms. The average Bonchev–Trinajstić information content (AvgIpc) is 3.07. The molecule has 0 saturated heterocycles. The number of benzene rings is 2. The number of nitrogens with zero attached hydrogens (tertiary/aromatic N) is 1. The summed E-state index contributed by atoms with van der Waals surface area (Å²) in [5, 5.41) is 0. The van der Waals surface area contributed by atoms with Crippen molar-refractivity contribution in [1.29, 1.82) is 0 Å². The van der Waals surface area contributed by atoms with Crippen LogP contribution in [-0.4, -0.2) is 11.6 Å². The van der Waals surface area contributed by atoms with Crippen molar-refractivity contribution in [1.82, 2.24) is 4.98 Å². The standard InChI is InChI=1S/C20H22BrNO3/c1-2-3-4-8-13-23-20-22-18-17(12-11-16(21)19(18)25-20)24-14-15-9-6-5-7-10-15/h5-7,9-12H,2-4,8,13-14H2,1H3. The van der Waals surface area contributed by atoms with Gasteiger partial charge in [-0.3, -0.25) is 0 Å². The molecule has 3 aromatic rings. The molecule has 0 unspecified atom stereocenters. The quantitative estimate of drug-likeness (QED) is 0.403. The minimum atomic E-state index is 0.294. The van der Waals surface area contributed by atoms with Crippen molar-refractivity contribution in [2.45, 2.75) is 39.2 Å². The van der Waals surface area contributed by atoms with Gasteiger partial charge < -0.3 is 13.9 Å². The molecule has 0 radical (unpaired) electrons. The third-order valence-corrected chi connectivity index (χ3v) is 4.52. The Balaban J connectivity index is 1.70. The van der Waals surface area contributed by atoms with Crippen LogP contribution in [0.15, 0.2) is 51.4 Å². The van der Waals surface area contributed by atoms with E-state index in [2.05, 4.69) is 27.8 Å². The van der Waals surface area contributed by atoms with E-state index in [1.165, 1.54) is 12.8 Å². The molecule has 2 aromatic carbocycles. The van der Waals surface area contributed by atoms with Crippen LogP contribution in [0.5, 0.6) is 11.8 Å². The van der Waals surface area contributed by atoms with Crippen LogP contribution in [0.25, 0.3) is 11.1 Å². The molecule has 0 aliphatic heterocycles. The van der Waals surface area contributed by atoms with Gasteiger partial charge >= 0.3 is 6.08 Å². The van der Waals surface area contributed by atoms with Gasteiger partial charge in [0.15, 0.2) is 11.1 Å². The molecule has 0 amide bonds. The number of halogens is 1. The Bertz CT molecular complexity index is 801. The van der Waals surface area contributed by atoms with Crippen molar-refractivity contribution in [3.63, 3.8) is 0 Å². The molecule has 1 aromatic heterocycles. The van der Waals surface area contributed by atoms with E-state index in [-0.39, 0.29) is 0 Å². The summed E-state index contributed by atoms with van der Waals surface area (Å²) >= 11 is 3.50. The number of rotatable bonds is 9. The van der Waals surface area contributed by atoms with E-state index in [0.29, 0.717) is 36.1 Å². The summed E-state index contributed by atoms with van der Waals surface area (Å²) in [5.74, 6) is 0.687. The minimum absolute atomic E-state index is 0.294. The fraction of sp³-hybridized carbons (Fsp3) is 0.350. The zero-order valence-corrected chi connectivity index (χ0v) is 15.9. The topological polar surface area (TPSA) is 44.5 Å². The van der Waals surface area contributed by atoms with E-state index in [0.717, 1.165) is 22.9 Å². The number of ether oxygens (including phenoxy) is 2.